The van der Waals surface area contributed by atoms with Crippen molar-refractivity contribution in [3.05, 3.63) is 40.7 Å². The fourth-order valence-corrected chi connectivity index (χ4v) is 3.49. The molecule has 3 rings (SSSR count). The van der Waals surface area contributed by atoms with Gasteiger partial charge < -0.3 is 5.73 Å². The lowest BCUT2D eigenvalue weighted by molar-refractivity contribution is 0.331. The molecule has 3 heteroatoms. The van der Waals surface area contributed by atoms with Crippen molar-refractivity contribution in [2.45, 2.75) is 45.1 Å². The number of fused-ring (bicyclic) bond motifs is 1. The normalized spacial score (nSPS) is 23.6. The second kappa shape index (κ2) is 5.31. The first-order valence-electron chi connectivity index (χ1n) is 7.58. The fraction of sp³-hybridized carbons (Fsp3) is 0.471. The summed E-state index contributed by atoms with van der Waals surface area (Å²) in [5, 5.41) is 1.71. The second-order valence-corrected chi connectivity index (χ2v) is 6.01. The predicted octanol–water partition coefficient (Wildman–Crippen LogP) is 3.73. The van der Waals surface area contributed by atoms with E-state index in [1.165, 1.54) is 25.7 Å². The largest absolute Gasteiger partial charge is 0.385 e. The number of nitrogens with two attached hydrogens (primary N) is 1. The maximum atomic E-state index is 12.8. The molecule has 0 bridgehead atoms. The molecule has 2 aromatic rings. The van der Waals surface area contributed by atoms with Gasteiger partial charge in [-0.1, -0.05) is 44.4 Å². The molecule has 0 aliphatic heterocycles. The highest BCUT2D eigenvalue weighted by molar-refractivity contribution is 5.83. The summed E-state index contributed by atoms with van der Waals surface area (Å²) in [5.74, 6) is 1.12. The summed E-state index contributed by atoms with van der Waals surface area (Å²) in [6, 6.07) is 9.90. The van der Waals surface area contributed by atoms with E-state index < -0.39 is 0 Å². The smallest absolute Gasteiger partial charge is 0.260 e. The highest BCUT2D eigenvalue weighted by atomic mass is 16.1. The minimum Gasteiger partial charge on any atom is -0.385 e. The van der Waals surface area contributed by atoms with E-state index in [-0.39, 0.29) is 11.6 Å². The van der Waals surface area contributed by atoms with E-state index in [0.717, 1.165) is 17.2 Å². The van der Waals surface area contributed by atoms with Crippen LogP contribution in [0.1, 0.15) is 45.1 Å². The van der Waals surface area contributed by atoms with Gasteiger partial charge in [-0.3, -0.25) is 9.36 Å². The van der Waals surface area contributed by atoms with E-state index in [2.05, 4.69) is 6.92 Å². The number of rotatable bonds is 1. The Morgan fingerprint density at radius 1 is 1.15 bits per heavy atom. The number of benzene rings is 1. The maximum Gasteiger partial charge on any atom is 0.260 e. The van der Waals surface area contributed by atoms with Crippen molar-refractivity contribution in [1.82, 2.24) is 4.57 Å². The van der Waals surface area contributed by atoms with Crippen LogP contribution in [0.3, 0.4) is 0 Å². The van der Waals surface area contributed by atoms with Crippen LogP contribution in [0.5, 0.6) is 0 Å². The highest BCUT2D eigenvalue weighted by Crippen LogP contribution is 2.33. The number of aromatic nitrogens is 1. The molecule has 2 N–H and O–H groups in total. The number of nitrogens with zero attached hydrogens (tertiary/aromatic N) is 1. The fourth-order valence-electron chi connectivity index (χ4n) is 3.49. The minimum atomic E-state index is 0.0688. The van der Waals surface area contributed by atoms with Gasteiger partial charge in [-0.15, -0.1) is 0 Å². The van der Waals surface area contributed by atoms with E-state index in [1.807, 2.05) is 34.9 Å². The van der Waals surface area contributed by atoms with Crippen LogP contribution in [0.15, 0.2) is 35.1 Å². The quantitative estimate of drug-likeness (QED) is 0.803. The Morgan fingerprint density at radius 2 is 1.90 bits per heavy atom. The summed E-state index contributed by atoms with van der Waals surface area (Å²) >= 11 is 0. The summed E-state index contributed by atoms with van der Waals surface area (Å²) in [6.07, 6.45) is 5.96. The van der Waals surface area contributed by atoms with Crippen LogP contribution < -0.4 is 11.3 Å². The summed E-state index contributed by atoms with van der Waals surface area (Å²) in [4.78, 5) is 12.8. The number of anilines is 1. The van der Waals surface area contributed by atoms with E-state index in [0.29, 0.717) is 11.7 Å². The molecule has 0 amide bonds. The topological polar surface area (TPSA) is 48.0 Å². The lowest BCUT2D eigenvalue weighted by Crippen LogP contribution is -2.30. The molecule has 1 aromatic heterocycles. The van der Waals surface area contributed by atoms with Crippen LogP contribution in [0, 0.1) is 5.92 Å². The first kappa shape index (κ1) is 13.2. The van der Waals surface area contributed by atoms with Gasteiger partial charge in [0.05, 0.1) is 0 Å². The third-order valence-electron chi connectivity index (χ3n) is 4.64. The molecule has 1 aliphatic rings. The van der Waals surface area contributed by atoms with Crippen molar-refractivity contribution in [1.29, 1.82) is 0 Å². The standard InChI is InChI=1S/C17H22N2O/c1-12-7-3-2-4-10-15(12)19-16(18)11-13-8-5-6-9-14(13)17(19)20/h5-6,8-9,11-12,15H,2-4,7,10,18H2,1H3. The van der Waals surface area contributed by atoms with Crippen LogP contribution in [-0.2, 0) is 0 Å². The first-order valence-corrected chi connectivity index (χ1v) is 7.58. The first-order chi connectivity index (χ1) is 9.68. The van der Waals surface area contributed by atoms with Crippen molar-refractivity contribution in [2.24, 2.45) is 5.92 Å². The molecule has 2 unspecified atom stereocenters. The van der Waals surface area contributed by atoms with Crippen LogP contribution in [0.4, 0.5) is 5.82 Å². The zero-order valence-electron chi connectivity index (χ0n) is 12.0. The van der Waals surface area contributed by atoms with Gasteiger partial charge in [0.2, 0.25) is 0 Å². The van der Waals surface area contributed by atoms with Crippen molar-refractivity contribution in [2.75, 3.05) is 5.73 Å². The predicted molar refractivity (Wildman–Crippen MR) is 83.9 cm³/mol. The molecule has 3 nitrogen and oxygen atoms in total. The molecular weight excluding hydrogens is 248 g/mol. The summed E-state index contributed by atoms with van der Waals surface area (Å²) in [7, 11) is 0. The SMILES string of the molecule is CC1CCCCCC1n1c(N)cc2ccccc2c1=O. The molecule has 1 saturated carbocycles. The lowest BCUT2D eigenvalue weighted by Gasteiger charge is -2.26. The van der Waals surface area contributed by atoms with Crippen LogP contribution in [-0.4, -0.2) is 4.57 Å². The Morgan fingerprint density at radius 3 is 2.75 bits per heavy atom. The average Bonchev–Trinajstić information content (AvgIpc) is 2.64. The molecule has 1 aromatic carbocycles. The Hall–Kier alpha value is -1.77. The van der Waals surface area contributed by atoms with Crippen molar-refractivity contribution in [3.63, 3.8) is 0 Å². The molecule has 1 heterocycles. The number of hydrogen-bond donors (Lipinski definition) is 1. The van der Waals surface area contributed by atoms with E-state index >= 15 is 0 Å². The van der Waals surface area contributed by atoms with Crippen molar-refractivity contribution < 1.29 is 0 Å². The number of pyridine rings is 1. The minimum absolute atomic E-state index is 0.0688. The van der Waals surface area contributed by atoms with Crippen molar-refractivity contribution >= 4 is 16.6 Å². The number of hydrogen-bond acceptors (Lipinski definition) is 2. The molecular formula is C17H22N2O. The monoisotopic (exact) mass is 270 g/mol. The Balaban J connectivity index is 2.17. The van der Waals surface area contributed by atoms with Crippen LogP contribution in [0.25, 0.3) is 10.8 Å². The molecule has 0 spiro atoms. The molecule has 1 aliphatic carbocycles. The summed E-state index contributed by atoms with van der Waals surface area (Å²) in [5.41, 5.74) is 6.26. The van der Waals surface area contributed by atoms with E-state index in [4.69, 9.17) is 5.73 Å². The highest BCUT2D eigenvalue weighted by Gasteiger charge is 2.24. The van der Waals surface area contributed by atoms with Gasteiger partial charge in [-0.25, -0.2) is 0 Å². The zero-order chi connectivity index (χ0) is 14.1. The van der Waals surface area contributed by atoms with Gasteiger partial charge in [0.25, 0.3) is 5.56 Å². The molecule has 20 heavy (non-hydrogen) atoms. The van der Waals surface area contributed by atoms with Gasteiger partial charge in [0.1, 0.15) is 5.82 Å². The molecule has 106 valence electrons. The molecule has 0 saturated heterocycles. The van der Waals surface area contributed by atoms with E-state index in [1.54, 1.807) is 0 Å². The Kier molecular flexibility index (Phi) is 3.51. The summed E-state index contributed by atoms with van der Waals surface area (Å²) in [6.45, 7) is 2.25. The van der Waals surface area contributed by atoms with Gasteiger partial charge in [0.15, 0.2) is 0 Å². The van der Waals surface area contributed by atoms with Gasteiger partial charge in [-0.2, -0.15) is 0 Å². The molecule has 1 fully saturated rings. The summed E-state index contributed by atoms with van der Waals surface area (Å²) < 4.78 is 1.85. The van der Waals surface area contributed by atoms with Crippen LogP contribution in [0.2, 0.25) is 0 Å². The Bertz CT molecular complexity index is 674. The lowest BCUT2D eigenvalue weighted by atomic mass is 9.96. The third kappa shape index (κ3) is 2.21. The van der Waals surface area contributed by atoms with E-state index in [9.17, 15) is 4.79 Å². The molecule has 2 atom stereocenters. The third-order valence-corrected chi connectivity index (χ3v) is 4.64. The van der Waals surface area contributed by atoms with Gasteiger partial charge >= 0.3 is 0 Å². The average molecular weight is 270 g/mol. The van der Waals surface area contributed by atoms with Crippen molar-refractivity contribution in [3.8, 4) is 0 Å². The van der Waals surface area contributed by atoms with Gasteiger partial charge in [0, 0.05) is 11.4 Å². The maximum absolute atomic E-state index is 12.8. The molecule has 0 radical (unpaired) electrons. The van der Waals surface area contributed by atoms with Gasteiger partial charge in [-0.05, 0) is 36.3 Å². The zero-order valence-corrected chi connectivity index (χ0v) is 12.0. The number of nitrogen functional groups attached to an aromatic ring is 1. The van der Waals surface area contributed by atoms with Crippen LogP contribution >= 0.6 is 0 Å². The second-order valence-electron chi connectivity index (χ2n) is 6.01. The Labute approximate surface area is 119 Å².